The first-order valence-electron chi connectivity index (χ1n) is 6.45. The van der Waals surface area contributed by atoms with Gasteiger partial charge in [0.25, 0.3) is 0 Å². The van der Waals surface area contributed by atoms with Gasteiger partial charge in [0.1, 0.15) is 0 Å². The van der Waals surface area contributed by atoms with E-state index in [0.29, 0.717) is 6.42 Å². The van der Waals surface area contributed by atoms with E-state index in [1.54, 1.807) is 6.08 Å². The van der Waals surface area contributed by atoms with E-state index in [1.165, 1.54) is 6.92 Å². The number of hydrogen-bond acceptors (Lipinski definition) is 4. The number of rotatable bonds is 5. The number of carboxylic acids is 2. The maximum absolute atomic E-state index is 12.2. The summed E-state index contributed by atoms with van der Waals surface area (Å²) in [5, 5.41) is 29.8. The van der Waals surface area contributed by atoms with Crippen molar-refractivity contribution in [2.45, 2.75) is 25.5 Å². The van der Waals surface area contributed by atoms with Crippen LogP contribution in [0.3, 0.4) is 0 Å². The second kappa shape index (κ2) is 5.24. The number of aliphatic hydroxyl groups excluding tert-OH is 1. The fourth-order valence-electron chi connectivity index (χ4n) is 3.15. The van der Waals surface area contributed by atoms with Crippen molar-refractivity contribution in [2.24, 2.45) is 23.7 Å². The van der Waals surface area contributed by atoms with Crippen molar-refractivity contribution in [2.75, 3.05) is 0 Å². The van der Waals surface area contributed by atoms with Crippen LogP contribution in [0, 0.1) is 23.7 Å². The van der Waals surface area contributed by atoms with E-state index in [2.05, 4.69) is 5.32 Å². The zero-order valence-corrected chi connectivity index (χ0v) is 10.9. The highest BCUT2D eigenvalue weighted by atomic mass is 16.4. The van der Waals surface area contributed by atoms with Crippen LogP contribution in [0.15, 0.2) is 12.2 Å². The number of fused-ring (bicyclic) bond motifs is 2. The lowest BCUT2D eigenvalue weighted by Gasteiger charge is -2.26. The molecule has 0 aromatic carbocycles. The molecular weight excluding hydrogens is 266 g/mol. The molecule has 0 aromatic rings. The van der Waals surface area contributed by atoms with Gasteiger partial charge in [-0.05, 0) is 25.2 Å². The van der Waals surface area contributed by atoms with Gasteiger partial charge >= 0.3 is 11.9 Å². The van der Waals surface area contributed by atoms with Crippen LogP contribution in [-0.2, 0) is 14.4 Å². The molecule has 0 unspecified atom stereocenters. The van der Waals surface area contributed by atoms with Gasteiger partial charge in [0.2, 0.25) is 5.91 Å². The molecule has 0 heterocycles. The van der Waals surface area contributed by atoms with Crippen LogP contribution in [-0.4, -0.2) is 45.3 Å². The van der Waals surface area contributed by atoms with Crippen molar-refractivity contribution < 1.29 is 29.7 Å². The summed E-state index contributed by atoms with van der Waals surface area (Å²) >= 11 is 0. The summed E-state index contributed by atoms with van der Waals surface area (Å²) < 4.78 is 0. The van der Waals surface area contributed by atoms with Crippen molar-refractivity contribution in [3.63, 3.8) is 0 Å². The zero-order valence-electron chi connectivity index (χ0n) is 10.9. The molecular formula is C13H17NO6. The predicted octanol–water partition coefficient (Wildman–Crippen LogP) is -0.540. The molecule has 1 amide bonds. The SMILES string of the molecule is C[C@H](O)[C@H](NC(=O)[C@H]1[C@H](C(=O)O)[C@H]2C=C[C@H]1C2)C(=O)O. The standard InChI is InChI=1S/C13H17NO6/c1-5(15)10(13(19)20)14-11(16)8-6-2-3-7(4-6)9(8)12(17)18/h2-3,5-10,15H,4H2,1H3,(H,14,16)(H,17,18)(H,19,20)/t5-,6-,7-,8+,9+,10-/m0/s1. The van der Waals surface area contributed by atoms with Gasteiger partial charge in [-0.2, -0.15) is 0 Å². The van der Waals surface area contributed by atoms with E-state index in [-0.39, 0.29) is 11.8 Å². The van der Waals surface area contributed by atoms with Crippen molar-refractivity contribution in [3.05, 3.63) is 12.2 Å². The highest BCUT2D eigenvalue weighted by Gasteiger charge is 2.52. The Kier molecular flexibility index (Phi) is 3.80. The topological polar surface area (TPSA) is 124 Å². The van der Waals surface area contributed by atoms with Gasteiger partial charge in [0.15, 0.2) is 6.04 Å². The summed E-state index contributed by atoms with van der Waals surface area (Å²) in [6.07, 6.45) is 2.96. The van der Waals surface area contributed by atoms with Crippen LogP contribution in [0.5, 0.6) is 0 Å². The maximum atomic E-state index is 12.2. The van der Waals surface area contributed by atoms with Crippen molar-refractivity contribution in [1.29, 1.82) is 0 Å². The monoisotopic (exact) mass is 283 g/mol. The van der Waals surface area contributed by atoms with Crippen molar-refractivity contribution >= 4 is 17.8 Å². The molecule has 7 heteroatoms. The lowest BCUT2D eigenvalue weighted by molar-refractivity contribution is -0.149. The summed E-state index contributed by atoms with van der Waals surface area (Å²) in [4.78, 5) is 34.4. The molecule has 0 saturated heterocycles. The predicted molar refractivity (Wildman–Crippen MR) is 66.6 cm³/mol. The van der Waals surface area contributed by atoms with Gasteiger partial charge in [-0.15, -0.1) is 0 Å². The number of carbonyl (C=O) groups is 3. The molecule has 2 bridgehead atoms. The smallest absolute Gasteiger partial charge is 0.328 e. The highest BCUT2D eigenvalue weighted by molar-refractivity contribution is 5.90. The summed E-state index contributed by atoms with van der Waals surface area (Å²) in [6.45, 7) is 1.26. The molecule has 6 atom stereocenters. The van der Waals surface area contributed by atoms with Crippen LogP contribution in [0.1, 0.15) is 13.3 Å². The largest absolute Gasteiger partial charge is 0.481 e. The zero-order chi connectivity index (χ0) is 15.0. The first-order valence-corrected chi connectivity index (χ1v) is 6.45. The Morgan fingerprint density at radius 3 is 2.15 bits per heavy atom. The third-order valence-electron chi connectivity index (χ3n) is 4.09. The molecule has 1 fully saturated rings. The number of carbonyl (C=O) groups excluding carboxylic acids is 1. The average molecular weight is 283 g/mol. The Balaban J connectivity index is 2.14. The summed E-state index contributed by atoms with van der Waals surface area (Å²) in [5.41, 5.74) is 0. The highest BCUT2D eigenvalue weighted by Crippen LogP contribution is 2.48. The van der Waals surface area contributed by atoms with Gasteiger partial charge in [-0.3, -0.25) is 9.59 Å². The fourth-order valence-corrected chi connectivity index (χ4v) is 3.15. The molecule has 1 saturated carbocycles. The number of amides is 1. The molecule has 4 N–H and O–H groups in total. The Labute approximate surface area is 115 Å². The van der Waals surface area contributed by atoms with E-state index in [1.807, 2.05) is 6.08 Å². The van der Waals surface area contributed by atoms with Gasteiger partial charge in [0, 0.05) is 0 Å². The molecule has 0 radical (unpaired) electrons. The second-order valence-corrected chi connectivity index (χ2v) is 5.40. The average Bonchev–Trinajstić information content (AvgIpc) is 2.94. The van der Waals surface area contributed by atoms with Crippen molar-refractivity contribution in [1.82, 2.24) is 5.32 Å². The minimum Gasteiger partial charge on any atom is -0.481 e. The van der Waals surface area contributed by atoms with E-state index in [4.69, 9.17) is 5.11 Å². The Hall–Kier alpha value is -1.89. The Bertz CT molecular complexity index is 471. The first-order chi connectivity index (χ1) is 9.32. The van der Waals surface area contributed by atoms with E-state index < -0.39 is 41.8 Å². The number of carboxylic acid groups (broad SMARTS) is 2. The third kappa shape index (κ3) is 2.40. The number of allylic oxidation sites excluding steroid dienone is 2. The van der Waals surface area contributed by atoms with E-state index >= 15 is 0 Å². The van der Waals surface area contributed by atoms with Gasteiger partial charge in [-0.1, -0.05) is 12.2 Å². The molecule has 2 aliphatic rings. The second-order valence-electron chi connectivity index (χ2n) is 5.40. The molecule has 7 nitrogen and oxygen atoms in total. The summed E-state index contributed by atoms with van der Waals surface area (Å²) in [7, 11) is 0. The molecule has 0 aromatic heterocycles. The van der Waals surface area contributed by atoms with Crippen molar-refractivity contribution in [3.8, 4) is 0 Å². The summed E-state index contributed by atoms with van der Waals surface area (Å²) in [6, 6.07) is -1.43. The number of hydrogen-bond donors (Lipinski definition) is 4. The third-order valence-corrected chi connectivity index (χ3v) is 4.09. The van der Waals surface area contributed by atoms with Gasteiger partial charge in [0.05, 0.1) is 17.9 Å². The van der Waals surface area contributed by atoms with E-state index in [9.17, 15) is 24.6 Å². The number of aliphatic hydroxyl groups is 1. The van der Waals surface area contributed by atoms with Crippen LogP contribution < -0.4 is 5.32 Å². The molecule has 20 heavy (non-hydrogen) atoms. The lowest BCUT2D eigenvalue weighted by Crippen LogP contribution is -2.51. The maximum Gasteiger partial charge on any atom is 0.328 e. The molecule has 0 spiro atoms. The summed E-state index contributed by atoms with van der Waals surface area (Å²) in [5.74, 6) is -4.98. The van der Waals surface area contributed by atoms with Crippen LogP contribution >= 0.6 is 0 Å². The van der Waals surface area contributed by atoms with Crippen LogP contribution in [0.2, 0.25) is 0 Å². The minimum absolute atomic E-state index is 0.176. The fraction of sp³-hybridized carbons (Fsp3) is 0.615. The van der Waals surface area contributed by atoms with E-state index in [0.717, 1.165) is 0 Å². The quantitative estimate of drug-likeness (QED) is 0.502. The molecule has 2 rings (SSSR count). The van der Waals surface area contributed by atoms with Gasteiger partial charge < -0.3 is 20.6 Å². The minimum atomic E-state index is -1.43. The molecule has 110 valence electrons. The molecule has 2 aliphatic carbocycles. The lowest BCUT2D eigenvalue weighted by atomic mass is 9.82. The number of aliphatic carboxylic acids is 2. The number of nitrogens with one attached hydrogen (secondary N) is 1. The Morgan fingerprint density at radius 2 is 1.70 bits per heavy atom. The molecule has 0 aliphatic heterocycles. The van der Waals surface area contributed by atoms with Gasteiger partial charge in [-0.25, -0.2) is 4.79 Å². The Morgan fingerprint density at radius 1 is 1.15 bits per heavy atom. The normalized spacial score (nSPS) is 33.7. The van der Waals surface area contributed by atoms with Crippen LogP contribution in [0.4, 0.5) is 0 Å². The van der Waals surface area contributed by atoms with Crippen LogP contribution in [0.25, 0.3) is 0 Å². The first kappa shape index (κ1) is 14.5.